The number of ether oxygens (including phenoxy) is 1. The van der Waals surface area contributed by atoms with Crippen LogP contribution >= 0.6 is 15.9 Å². The molecular weight excluding hydrogens is 256 g/mol. The van der Waals surface area contributed by atoms with Crippen molar-refractivity contribution in [2.24, 2.45) is 0 Å². The van der Waals surface area contributed by atoms with E-state index in [9.17, 15) is 4.79 Å². The monoisotopic (exact) mass is 268 g/mol. The first kappa shape index (κ1) is 12.1. The van der Waals surface area contributed by atoms with E-state index in [4.69, 9.17) is 4.74 Å². The van der Waals surface area contributed by atoms with Crippen LogP contribution in [0.15, 0.2) is 40.9 Å². The lowest BCUT2D eigenvalue weighted by atomic mass is 10.1. The number of hydrogen-bond acceptors (Lipinski definition) is 2. The van der Waals surface area contributed by atoms with Gasteiger partial charge in [-0.1, -0.05) is 46.3 Å². The van der Waals surface area contributed by atoms with Crippen LogP contribution in [0.2, 0.25) is 0 Å². The zero-order chi connectivity index (χ0) is 11.1. The zero-order valence-electron chi connectivity index (χ0n) is 8.57. The van der Waals surface area contributed by atoms with Gasteiger partial charge in [-0.05, 0) is 13.0 Å². The molecule has 0 atom stereocenters. The van der Waals surface area contributed by atoms with E-state index in [-0.39, 0.29) is 12.4 Å². The SMILES string of the molecule is CC=CCOCC(=O)c1ccccc1Br. The lowest BCUT2D eigenvalue weighted by molar-refractivity contribution is 0.0805. The van der Waals surface area contributed by atoms with Gasteiger partial charge in [-0.3, -0.25) is 4.79 Å². The average Bonchev–Trinajstić information content (AvgIpc) is 2.25. The number of allylic oxidation sites excluding steroid dienone is 1. The lowest BCUT2D eigenvalue weighted by Crippen LogP contribution is -2.09. The summed E-state index contributed by atoms with van der Waals surface area (Å²) in [6.07, 6.45) is 3.76. The third-order valence-electron chi connectivity index (χ3n) is 1.86. The number of Topliss-reactive ketones (excluding diaryl/α,β-unsaturated/α-hetero) is 1. The standard InChI is InChI=1S/C12H13BrO2/c1-2-3-8-15-9-12(14)10-6-4-5-7-11(10)13/h2-7H,8-9H2,1H3. The minimum atomic E-state index is -0.00743. The maximum Gasteiger partial charge on any atom is 0.189 e. The van der Waals surface area contributed by atoms with Crippen LogP contribution in [0.25, 0.3) is 0 Å². The van der Waals surface area contributed by atoms with E-state index in [0.29, 0.717) is 12.2 Å². The van der Waals surface area contributed by atoms with E-state index in [1.54, 1.807) is 6.07 Å². The van der Waals surface area contributed by atoms with Crippen LogP contribution in [0.4, 0.5) is 0 Å². The van der Waals surface area contributed by atoms with E-state index in [0.717, 1.165) is 4.47 Å². The molecule has 1 aromatic rings. The predicted molar refractivity (Wildman–Crippen MR) is 64.1 cm³/mol. The molecule has 80 valence electrons. The van der Waals surface area contributed by atoms with Crippen molar-refractivity contribution in [3.63, 3.8) is 0 Å². The van der Waals surface area contributed by atoms with Crippen LogP contribution in [0.5, 0.6) is 0 Å². The third kappa shape index (κ3) is 3.98. The zero-order valence-corrected chi connectivity index (χ0v) is 10.2. The van der Waals surface area contributed by atoms with Crippen LogP contribution < -0.4 is 0 Å². The first-order valence-electron chi connectivity index (χ1n) is 4.72. The Hall–Kier alpha value is -0.930. The first-order chi connectivity index (χ1) is 7.25. The second-order valence-corrected chi connectivity index (χ2v) is 3.84. The Morgan fingerprint density at radius 2 is 2.20 bits per heavy atom. The largest absolute Gasteiger partial charge is 0.369 e. The van der Waals surface area contributed by atoms with Gasteiger partial charge >= 0.3 is 0 Å². The van der Waals surface area contributed by atoms with Gasteiger partial charge < -0.3 is 4.74 Å². The molecule has 0 amide bonds. The Morgan fingerprint density at radius 1 is 1.47 bits per heavy atom. The highest BCUT2D eigenvalue weighted by molar-refractivity contribution is 9.10. The molecule has 0 aliphatic rings. The van der Waals surface area contributed by atoms with Crippen molar-refractivity contribution in [3.05, 3.63) is 46.5 Å². The van der Waals surface area contributed by atoms with E-state index < -0.39 is 0 Å². The molecule has 0 heterocycles. The van der Waals surface area contributed by atoms with E-state index in [1.807, 2.05) is 37.3 Å². The molecule has 0 unspecified atom stereocenters. The van der Waals surface area contributed by atoms with Gasteiger partial charge in [0.25, 0.3) is 0 Å². The Bertz CT molecular complexity index is 358. The van der Waals surface area contributed by atoms with Gasteiger partial charge in [0.15, 0.2) is 5.78 Å². The second kappa shape index (κ2) is 6.53. The molecule has 1 aromatic carbocycles. The number of carbonyl (C=O) groups excluding carboxylic acids is 1. The van der Waals surface area contributed by atoms with Crippen molar-refractivity contribution in [3.8, 4) is 0 Å². The number of halogens is 1. The molecule has 0 spiro atoms. The van der Waals surface area contributed by atoms with E-state index in [1.165, 1.54) is 0 Å². The summed E-state index contributed by atoms with van der Waals surface area (Å²) >= 11 is 3.33. The van der Waals surface area contributed by atoms with Gasteiger partial charge in [-0.2, -0.15) is 0 Å². The van der Waals surface area contributed by atoms with Crippen LogP contribution in [0.1, 0.15) is 17.3 Å². The summed E-state index contributed by atoms with van der Waals surface area (Å²) < 4.78 is 6.00. The fourth-order valence-corrected chi connectivity index (χ4v) is 1.59. The molecule has 0 saturated carbocycles. The first-order valence-corrected chi connectivity index (χ1v) is 5.51. The second-order valence-electron chi connectivity index (χ2n) is 2.99. The lowest BCUT2D eigenvalue weighted by Gasteiger charge is -2.03. The minimum absolute atomic E-state index is 0.00743. The Kier molecular flexibility index (Phi) is 5.29. The van der Waals surface area contributed by atoms with Crippen LogP contribution in [-0.4, -0.2) is 19.0 Å². The molecule has 0 aliphatic carbocycles. The van der Waals surface area contributed by atoms with Gasteiger partial charge in [0.1, 0.15) is 6.61 Å². The number of hydrogen-bond donors (Lipinski definition) is 0. The number of ketones is 1. The summed E-state index contributed by atoms with van der Waals surface area (Å²) in [6, 6.07) is 7.34. The highest BCUT2D eigenvalue weighted by Gasteiger charge is 2.08. The fourth-order valence-electron chi connectivity index (χ4n) is 1.08. The van der Waals surface area contributed by atoms with Crippen molar-refractivity contribution in [1.82, 2.24) is 0 Å². The molecule has 15 heavy (non-hydrogen) atoms. The fraction of sp³-hybridized carbons (Fsp3) is 0.250. The minimum Gasteiger partial charge on any atom is -0.369 e. The van der Waals surface area contributed by atoms with Crippen molar-refractivity contribution in [2.45, 2.75) is 6.92 Å². The smallest absolute Gasteiger partial charge is 0.189 e. The topological polar surface area (TPSA) is 26.3 Å². The molecule has 3 heteroatoms. The van der Waals surface area contributed by atoms with Gasteiger partial charge in [-0.15, -0.1) is 0 Å². The van der Waals surface area contributed by atoms with Crippen LogP contribution in [0, 0.1) is 0 Å². The Morgan fingerprint density at radius 3 is 2.87 bits per heavy atom. The molecule has 0 N–H and O–H groups in total. The molecule has 0 aliphatic heterocycles. The number of benzene rings is 1. The van der Waals surface area contributed by atoms with Gasteiger partial charge in [0.2, 0.25) is 0 Å². The van der Waals surface area contributed by atoms with Gasteiger partial charge in [0, 0.05) is 10.0 Å². The Balaban J connectivity index is 2.51. The van der Waals surface area contributed by atoms with Gasteiger partial charge in [0.05, 0.1) is 6.61 Å². The molecular formula is C12H13BrO2. The summed E-state index contributed by atoms with van der Waals surface area (Å²) in [5.41, 5.74) is 0.665. The van der Waals surface area contributed by atoms with E-state index >= 15 is 0 Å². The molecule has 0 saturated heterocycles. The van der Waals surface area contributed by atoms with Crippen molar-refractivity contribution < 1.29 is 9.53 Å². The molecule has 2 nitrogen and oxygen atoms in total. The summed E-state index contributed by atoms with van der Waals surface area (Å²) in [5.74, 6) is -0.00743. The summed E-state index contributed by atoms with van der Waals surface area (Å²) in [4.78, 5) is 11.6. The molecule has 0 fully saturated rings. The number of carbonyl (C=O) groups is 1. The predicted octanol–water partition coefficient (Wildman–Crippen LogP) is 3.22. The molecule has 0 aromatic heterocycles. The molecule has 0 radical (unpaired) electrons. The number of rotatable bonds is 5. The molecule has 0 bridgehead atoms. The van der Waals surface area contributed by atoms with E-state index in [2.05, 4.69) is 15.9 Å². The molecule has 1 rings (SSSR count). The van der Waals surface area contributed by atoms with Crippen molar-refractivity contribution >= 4 is 21.7 Å². The van der Waals surface area contributed by atoms with Crippen molar-refractivity contribution in [1.29, 1.82) is 0 Å². The highest BCUT2D eigenvalue weighted by Crippen LogP contribution is 2.16. The Labute approximate surface area is 98.1 Å². The average molecular weight is 269 g/mol. The van der Waals surface area contributed by atoms with Crippen LogP contribution in [0.3, 0.4) is 0 Å². The maximum absolute atomic E-state index is 11.6. The summed E-state index contributed by atoms with van der Waals surface area (Å²) in [7, 11) is 0. The van der Waals surface area contributed by atoms with Gasteiger partial charge in [-0.25, -0.2) is 0 Å². The quantitative estimate of drug-likeness (QED) is 0.466. The summed E-state index contributed by atoms with van der Waals surface area (Å²) in [6.45, 7) is 2.51. The van der Waals surface area contributed by atoms with Crippen molar-refractivity contribution in [2.75, 3.05) is 13.2 Å². The van der Waals surface area contributed by atoms with Crippen LogP contribution in [-0.2, 0) is 4.74 Å². The maximum atomic E-state index is 11.6. The summed E-state index contributed by atoms with van der Waals surface area (Å²) in [5, 5.41) is 0. The highest BCUT2D eigenvalue weighted by atomic mass is 79.9. The normalized spacial score (nSPS) is 10.8. The third-order valence-corrected chi connectivity index (χ3v) is 2.55.